The second-order valence-corrected chi connectivity index (χ2v) is 7.23. The van der Waals surface area contributed by atoms with Crippen molar-refractivity contribution in [3.63, 3.8) is 0 Å². The van der Waals surface area contributed by atoms with E-state index in [9.17, 15) is 4.79 Å². The first-order valence-corrected chi connectivity index (χ1v) is 10.1. The molecule has 0 spiro atoms. The molecule has 3 aromatic carbocycles. The second kappa shape index (κ2) is 8.87. The van der Waals surface area contributed by atoms with Gasteiger partial charge in [-0.15, -0.1) is 0 Å². The van der Waals surface area contributed by atoms with E-state index in [1.807, 2.05) is 54.6 Å². The molecule has 4 heteroatoms. The van der Waals surface area contributed by atoms with Crippen LogP contribution in [0.4, 0.5) is 0 Å². The summed E-state index contributed by atoms with van der Waals surface area (Å²) < 4.78 is 13.4. The molecule has 0 saturated carbocycles. The highest BCUT2D eigenvalue weighted by Gasteiger charge is 2.17. The van der Waals surface area contributed by atoms with Crippen molar-refractivity contribution < 1.29 is 14.3 Å². The van der Waals surface area contributed by atoms with E-state index in [1.54, 1.807) is 6.07 Å². The fourth-order valence-corrected chi connectivity index (χ4v) is 3.72. The average molecular weight is 399 g/mol. The van der Waals surface area contributed by atoms with E-state index in [4.69, 9.17) is 9.47 Å². The lowest BCUT2D eigenvalue weighted by molar-refractivity contribution is 0.0600. The van der Waals surface area contributed by atoms with Crippen molar-refractivity contribution in [2.24, 2.45) is 0 Å². The molecule has 0 N–H and O–H groups in total. The minimum absolute atomic E-state index is 0.369. The molecule has 1 heterocycles. The number of methoxy groups -OCH3 is 1. The van der Waals surface area contributed by atoms with Gasteiger partial charge in [0.2, 0.25) is 0 Å². The molecule has 4 rings (SSSR count). The first kappa shape index (κ1) is 19.8. The minimum Gasteiger partial charge on any atom is -0.488 e. The Bertz CT molecular complexity index is 1150. The lowest BCUT2D eigenvalue weighted by Gasteiger charge is -2.13. The number of nitrogens with zero attached hydrogens (tertiary/aromatic N) is 1. The highest BCUT2D eigenvalue weighted by Crippen LogP contribution is 2.32. The summed E-state index contributed by atoms with van der Waals surface area (Å²) in [6.07, 6.45) is 0.882. The van der Waals surface area contributed by atoms with Gasteiger partial charge >= 0.3 is 5.97 Å². The molecule has 1 aromatic heterocycles. The number of carbonyl (C=O) groups is 1. The van der Waals surface area contributed by atoms with Gasteiger partial charge < -0.3 is 14.0 Å². The molecule has 0 unspecified atom stereocenters. The van der Waals surface area contributed by atoms with Crippen LogP contribution in [0, 0.1) is 0 Å². The Hall–Kier alpha value is -3.53. The second-order valence-electron chi connectivity index (χ2n) is 7.23. The minimum atomic E-state index is -0.369. The van der Waals surface area contributed by atoms with Gasteiger partial charge in [-0.05, 0) is 35.7 Å². The van der Waals surface area contributed by atoms with Gasteiger partial charge in [0, 0.05) is 17.6 Å². The van der Waals surface area contributed by atoms with Crippen LogP contribution in [0.5, 0.6) is 5.75 Å². The molecular formula is C26H25NO3. The Morgan fingerprint density at radius 1 is 0.900 bits per heavy atom. The predicted octanol–water partition coefficient (Wildman–Crippen LogP) is 5.62. The van der Waals surface area contributed by atoms with E-state index in [1.165, 1.54) is 18.4 Å². The lowest BCUT2D eigenvalue weighted by atomic mass is 10.1. The van der Waals surface area contributed by atoms with Gasteiger partial charge in [0.1, 0.15) is 12.4 Å². The highest BCUT2D eigenvalue weighted by atomic mass is 16.5. The van der Waals surface area contributed by atoms with Crippen LogP contribution in [-0.4, -0.2) is 17.6 Å². The van der Waals surface area contributed by atoms with Gasteiger partial charge in [-0.1, -0.05) is 67.6 Å². The van der Waals surface area contributed by atoms with Gasteiger partial charge in [0.25, 0.3) is 0 Å². The van der Waals surface area contributed by atoms with Gasteiger partial charge in [0.05, 0.1) is 18.2 Å². The fourth-order valence-electron chi connectivity index (χ4n) is 3.72. The number of aromatic nitrogens is 1. The number of esters is 1. The summed E-state index contributed by atoms with van der Waals surface area (Å²) in [5.74, 6) is 0.324. The van der Waals surface area contributed by atoms with E-state index in [0.29, 0.717) is 17.9 Å². The molecule has 0 bridgehead atoms. The van der Waals surface area contributed by atoms with Crippen molar-refractivity contribution in [3.05, 3.63) is 101 Å². The van der Waals surface area contributed by atoms with Gasteiger partial charge in [-0.25, -0.2) is 4.79 Å². The van der Waals surface area contributed by atoms with Crippen LogP contribution < -0.4 is 4.74 Å². The molecule has 0 atom stereocenters. The van der Waals surface area contributed by atoms with Crippen LogP contribution in [0.1, 0.15) is 34.1 Å². The Labute approximate surface area is 176 Å². The molecule has 0 aliphatic rings. The van der Waals surface area contributed by atoms with Crippen LogP contribution in [-0.2, 0) is 24.3 Å². The molecule has 0 aliphatic heterocycles. The Morgan fingerprint density at radius 2 is 1.57 bits per heavy atom. The molecule has 30 heavy (non-hydrogen) atoms. The van der Waals surface area contributed by atoms with Crippen molar-refractivity contribution in [2.75, 3.05) is 7.11 Å². The molecular weight excluding hydrogens is 374 g/mol. The Kier molecular flexibility index (Phi) is 5.84. The molecule has 0 radical (unpaired) electrons. The number of hydrogen-bond acceptors (Lipinski definition) is 3. The summed E-state index contributed by atoms with van der Waals surface area (Å²) in [4.78, 5) is 12.3. The van der Waals surface area contributed by atoms with Crippen molar-refractivity contribution in [1.29, 1.82) is 0 Å². The summed E-state index contributed by atoms with van der Waals surface area (Å²) in [7, 11) is 1.40. The normalized spacial score (nSPS) is 10.9. The molecule has 0 amide bonds. The van der Waals surface area contributed by atoms with Crippen LogP contribution in [0.2, 0.25) is 0 Å². The molecule has 0 fully saturated rings. The number of carbonyl (C=O) groups excluding carboxylic acids is 1. The van der Waals surface area contributed by atoms with E-state index < -0.39 is 0 Å². The zero-order valence-electron chi connectivity index (χ0n) is 17.3. The maximum absolute atomic E-state index is 12.3. The van der Waals surface area contributed by atoms with Crippen molar-refractivity contribution >= 4 is 16.9 Å². The van der Waals surface area contributed by atoms with E-state index in [-0.39, 0.29) is 5.97 Å². The number of fused-ring (bicyclic) bond motifs is 1. The maximum Gasteiger partial charge on any atom is 0.338 e. The van der Waals surface area contributed by atoms with Crippen molar-refractivity contribution in [3.8, 4) is 5.75 Å². The van der Waals surface area contributed by atoms with Crippen molar-refractivity contribution in [2.45, 2.75) is 26.5 Å². The maximum atomic E-state index is 12.3. The summed E-state index contributed by atoms with van der Waals surface area (Å²) in [5.41, 5.74) is 4.94. The predicted molar refractivity (Wildman–Crippen MR) is 119 cm³/mol. The smallest absolute Gasteiger partial charge is 0.338 e. The molecule has 4 aromatic rings. The standard InChI is InChI=1S/C26H25NO3/c1-3-22-16-23-24(27(22)17-19-10-6-4-7-11-19)14-21(26(28)29-2)15-25(23)30-18-20-12-8-5-9-13-20/h4-16H,3,17-18H2,1-2H3. The Morgan fingerprint density at radius 3 is 2.20 bits per heavy atom. The third-order valence-electron chi connectivity index (χ3n) is 5.27. The van der Waals surface area contributed by atoms with Crippen LogP contribution >= 0.6 is 0 Å². The number of aryl methyl sites for hydroxylation is 1. The monoisotopic (exact) mass is 399 g/mol. The summed E-state index contributed by atoms with van der Waals surface area (Å²) >= 11 is 0. The van der Waals surface area contributed by atoms with Crippen LogP contribution in [0.15, 0.2) is 78.9 Å². The number of hydrogen-bond donors (Lipinski definition) is 0. The third-order valence-corrected chi connectivity index (χ3v) is 5.27. The third kappa shape index (κ3) is 4.08. The van der Waals surface area contributed by atoms with E-state index >= 15 is 0 Å². The van der Waals surface area contributed by atoms with E-state index in [2.05, 4.69) is 29.7 Å². The summed E-state index contributed by atoms with van der Waals surface area (Å²) in [5, 5.41) is 1.01. The topological polar surface area (TPSA) is 40.5 Å². The largest absolute Gasteiger partial charge is 0.488 e. The van der Waals surface area contributed by atoms with Crippen LogP contribution in [0.25, 0.3) is 10.9 Å². The summed E-state index contributed by atoms with van der Waals surface area (Å²) in [6, 6.07) is 26.2. The van der Waals surface area contributed by atoms with Crippen molar-refractivity contribution in [1.82, 2.24) is 4.57 Å². The first-order valence-electron chi connectivity index (χ1n) is 10.1. The summed E-state index contributed by atoms with van der Waals surface area (Å²) in [6.45, 7) is 3.31. The lowest BCUT2D eigenvalue weighted by Crippen LogP contribution is -2.06. The zero-order valence-corrected chi connectivity index (χ0v) is 17.3. The van der Waals surface area contributed by atoms with Gasteiger partial charge in [-0.3, -0.25) is 0 Å². The zero-order chi connectivity index (χ0) is 20.9. The highest BCUT2D eigenvalue weighted by molar-refractivity contribution is 5.98. The Balaban J connectivity index is 1.80. The van der Waals surface area contributed by atoms with Gasteiger partial charge in [0.15, 0.2) is 0 Å². The first-order chi connectivity index (χ1) is 14.7. The fraction of sp³-hybridized carbons (Fsp3) is 0.192. The molecule has 4 nitrogen and oxygen atoms in total. The number of ether oxygens (including phenoxy) is 2. The average Bonchev–Trinajstić information content (AvgIpc) is 3.15. The molecule has 152 valence electrons. The number of benzene rings is 3. The quantitative estimate of drug-likeness (QED) is 0.379. The van der Waals surface area contributed by atoms with E-state index in [0.717, 1.165) is 29.4 Å². The van der Waals surface area contributed by atoms with Gasteiger partial charge in [-0.2, -0.15) is 0 Å². The number of rotatable bonds is 7. The van der Waals surface area contributed by atoms with Crippen LogP contribution in [0.3, 0.4) is 0 Å². The molecule has 0 saturated heterocycles. The SMILES string of the molecule is CCc1cc2c(OCc3ccccc3)cc(C(=O)OC)cc2n1Cc1ccccc1. The molecule has 0 aliphatic carbocycles.